The first-order valence-corrected chi connectivity index (χ1v) is 15.9. The minimum atomic E-state index is -2.23. The van der Waals surface area contributed by atoms with E-state index >= 15 is 0 Å². The summed E-state index contributed by atoms with van der Waals surface area (Å²) in [4.78, 5) is 11.0. The van der Waals surface area contributed by atoms with Gasteiger partial charge in [-0.2, -0.15) is 0 Å². The second-order valence-electron chi connectivity index (χ2n) is 10.2. The second-order valence-corrected chi connectivity index (χ2v) is 12.8. The predicted molar refractivity (Wildman–Crippen MR) is 172 cm³/mol. The normalized spacial score (nSPS) is 11.8. The SMILES string of the molecule is Cc1cc(C)c(OP(O)Oc2ccccc2C)c(-c2cc(C)cc(C)c2OP(c2ccccc2)c2ccccc2)c1. The maximum atomic E-state index is 11.0. The minimum absolute atomic E-state index is 0.580. The molecule has 0 aliphatic carbocycles. The van der Waals surface area contributed by atoms with Crippen molar-refractivity contribution in [3.63, 3.8) is 0 Å². The smallest absolute Gasteiger partial charge is 0.460 e. The zero-order chi connectivity index (χ0) is 28.9. The van der Waals surface area contributed by atoms with Crippen LogP contribution in [0.4, 0.5) is 0 Å². The molecule has 0 aliphatic heterocycles. The Labute approximate surface area is 245 Å². The number of para-hydroxylation sites is 1. The number of benzene rings is 5. The van der Waals surface area contributed by atoms with Crippen LogP contribution in [-0.2, 0) is 0 Å². The fraction of sp³-hybridized carbons (Fsp3) is 0.143. The fourth-order valence-electron chi connectivity index (χ4n) is 4.86. The quantitative estimate of drug-likeness (QED) is 0.177. The van der Waals surface area contributed by atoms with Crippen LogP contribution in [0.15, 0.2) is 109 Å². The van der Waals surface area contributed by atoms with Gasteiger partial charge in [-0.15, -0.1) is 0 Å². The first-order valence-electron chi connectivity index (χ1n) is 13.5. The molecule has 5 rings (SSSR count). The van der Waals surface area contributed by atoms with E-state index in [0.29, 0.717) is 11.5 Å². The van der Waals surface area contributed by atoms with E-state index in [9.17, 15) is 4.89 Å². The molecule has 0 fully saturated rings. The van der Waals surface area contributed by atoms with Crippen LogP contribution in [0.1, 0.15) is 27.8 Å². The van der Waals surface area contributed by atoms with E-state index in [2.05, 4.69) is 69.3 Å². The Morgan fingerprint density at radius 2 is 0.951 bits per heavy atom. The van der Waals surface area contributed by atoms with E-state index in [1.807, 2.05) is 74.5 Å². The highest BCUT2D eigenvalue weighted by molar-refractivity contribution is 7.68. The Balaban J connectivity index is 1.60. The van der Waals surface area contributed by atoms with E-state index in [0.717, 1.165) is 55.3 Å². The van der Waals surface area contributed by atoms with Crippen molar-refractivity contribution in [3.8, 4) is 28.4 Å². The molecule has 5 aromatic carbocycles. The molecular formula is C35H34O4P2. The summed E-state index contributed by atoms with van der Waals surface area (Å²) in [5.41, 5.74) is 6.85. The van der Waals surface area contributed by atoms with Crippen molar-refractivity contribution >= 4 is 27.4 Å². The number of hydrogen-bond donors (Lipinski definition) is 1. The van der Waals surface area contributed by atoms with Gasteiger partial charge in [0.15, 0.2) is 8.15 Å². The van der Waals surface area contributed by atoms with E-state index < -0.39 is 16.8 Å². The van der Waals surface area contributed by atoms with Crippen LogP contribution in [0.3, 0.4) is 0 Å². The summed E-state index contributed by atoms with van der Waals surface area (Å²) in [6, 6.07) is 36.7. The summed E-state index contributed by atoms with van der Waals surface area (Å²) < 4.78 is 19.1. The van der Waals surface area contributed by atoms with Crippen molar-refractivity contribution in [2.75, 3.05) is 0 Å². The molecule has 0 aliphatic rings. The molecule has 0 radical (unpaired) electrons. The lowest BCUT2D eigenvalue weighted by molar-refractivity contribution is 0.380. The molecule has 0 spiro atoms. The third kappa shape index (κ3) is 6.80. The third-order valence-corrected chi connectivity index (χ3v) is 9.32. The fourth-order valence-corrected chi connectivity index (χ4v) is 7.49. The molecule has 0 heterocycles. The molecule has 41 heavy (non-hydrogen) atoms. The lowest BCUT2D eigenvalue weighted by Crippen LogP contribution is -2.16. The summed E-state index contributed by atoms with van der Waals surface area (Å²) >= 11 is 0. The van der Waals surface area contributed by atoms with Crippen LogP contribution in [-0.4, -0.2) is 4.89 Å². The Bertz CT molecular complexity index is 1600. The average Bonchev–Trinajstić information content (AvgIpc) is 2.96. The molecule has 1 N–H and O–H groups in total. The number of hydrogen-bond acceptors (Lipinski definition) is 4. The maximum Gasteiger partial charge on any atom is 0.460 e. The van der Waals surface area contributed by atoms with Gasteiger partial charge >= 0.3 is 8.60 Å². The van der Waals surface area contributed by atoms with Crippen LogP contribution in [0.25, 0.3) is 11.1 Å². The highest BCUT2D eigenvalue weighted by Gasteiger charge is 2.25. The molecule has 208 valence electrons. The average molecular weight is 581 g/mol. The van der Waals surface area contributed by atoms with Gasteiger partial charge in [-0.05, 0) is 80.6 Å². The summed E-state index contributed by atoms with van der Waals surface area (Å²) in [6.45, 7) is 10.2. The van der Waals surface area contributed by atoms with E-state index in [4.69, 9.17) is 13.6 Å². The Hall–Kier alpha value is -3.68. The largest absolute Gasteiger partial charge is 0.464 e. The predicted octanol–water partition coefficient (Wildman–Crippen LogP) is 9.00. The molecule has 0 amide bonds. The maximum absolute atomic E-state index is 11.0. The molecule has 1 unspecified atom stereocenters. The van der Waals surface area contributed by atoms with Gasteiger partial charge in [0.1, 0.15) is 17.2 Å². The number of aryl methyl sites for hydroxylation is 5. The van der Waals surface area contributed by atoms with Crippen molar-refractivity contribution in [1.29, 1.82) is 0 Å². The molecule has 1 atom stereocenters. The monoisotopic (exact) mass is 580 g/mol. The van der Waals surface area contributed by atoms with Gasteiger partial charge in [0.25, 0.3) is 0 Å². The van der Waals surface area contributed by atoms with Gasteiger partial charge in [-0.3, -0.25) is 0 Å². The Morgan fingerprint density at radius 1 is 0.488 bits per heavy atom. The highest BCUT2D eigenvalue weighted by atomic mass is 31.2. The molecule has 4 nitrogen and oxygen atoms in total. The van der Waals surface area contributed by atoms with Gasteiger partial charge in [-0.1, -0.05) is 91.0 Å². The molecule has 0 aromatic heterocycles. The summed E-state index contributed by atoms with van der Waals surface area (Å²) in [5, 5.41) is 2.25. The first-order chi connectivity index (χ1) is 19.8. The van der Waals surface area contributed by atoms with Gasteiger partial charge in [0.2, 0.25) is 0 Å². The zero-order valence-corrected chi connectivity index (χ0v) is 25.7. The Kier molecular flexibility index (Phi) is 9.06. The van der Waals surface area contributed by atoms with Crippen molar-refractivity contribution in [2.45, 2.75) is 34.6 Å². The van der Waals surface area contributed by atoms with Crippen molar-refractivity contribution in [2.24, 2.45) is 0 Å². The van der Waals surface area contributed by atoms with Crippen LogP contribution < -0.4 is 24.2 Å². The first kappa shape index (κ1) is 28.8. The van der Waals surface area contributed by atoms with Crippen LogP contribution >= 0.6 is 16.8 Å². The van der Waals surface area contributed by atoms with E-state index in [1.54, 1.807) is 0 Å². The van der Waals surface area contributed by atoms with Gasteiger partial charge in [0.05, 0.1) is 0 Å². The molecule has 0 saturated heterocycles. The lowest BCUT2D eigenvalue weighted by atomic mass is 9.95. The molecule has 5 aromatic rings. The second kappa shape index (κ2) is 12.9. The lowest BCUT2D eigenvalue weighted by Gasteiger charge is -2.25. The standard InChI is InChI=1S/C35H34O4P2/c1-24-20-27(4)34(38-40(29-15-8-6-9-16-29)30-17-10-7-11-18-30)31(22-24)32-23-25(2)21-28(5)35(32)39-41(36)37-33-19-13-12-14-26(33)3/h6-23,36H,1-5H3. The zero-order valence-electron chi connectivity index (χ0n) is 24.0. The van der Waals surface area contributed by atoms with E-state index in [1.165, 1.54) is 0 Å². The summed E-state index contributed by atoms with van der Waals surface area (Å²) in [5.74, 6) is 1.97. The van der Waals surface area contributed by atoms with Crippen molar-refractivity contribution in [1.82, 2.24) is 0 Å². The summed E-state index contributed by atoms with van der Waals surface area (Å²) in [7, 11) is -3.38. The molecular weight excluding hydrogens is 546 g/mol. The minimum Gasteiger partial charge on any atom is -0.464 e. The third-order valence-electron chi connectivity index (χ3n) is 6.73. The van der Waals surface area contributed by atoms with Crippen molar-refractivity contribution < 1.29 is 18.5 Å². The Morgan fingerprint density at radius 3 is 1.46 bits per heavy atom. The van der Waals surface area contributed by atoms with Crippen LogP contribution in [0.2, 0.25) is 0 Å². The van der Waals surface area contributed by atoms with E-state index in [-0.39, 0.29) is 0 Å². The van der Waals surface area contributed by atoms with Gasteiger partial charge < -0.3 is 18.5 Å². The van der Waals surface area contributed by atoms with Gasteiger partial charge in [0, 0.05) is 21.7 Å². The van der Waals surface area contributed by atoms with Gasteiger partial charge in [-0.25, -0.2) is 0 Å². The van der Waals surface area contributed by atoms with Crippen molar-refractivity contribution in [3.05, 3.63) is 137 Å². The molecule has 6 heteroatoms. The highest BCUT2D eigenvalue weighted by Crippen LogP contribution is 2.49. The molecule has 0 saturated carbocycles. The topological polar surface area (TPSA) is 47.9 Å². The molecule has 0 bridgehead atoms. The van der Waals surface area contributed by atoms with Crippen LogP contribution in [0.5, 0.6) is 17.2 Å². The number of rotatable bonds is 9. The van der Waals surface area contributed by atoms with Crippen LogP contribution in [0, 0.1) is 34.6 Å². The summed E-state index contributed by atoms with van der Waals surface area (Å²) in [6.07, 6.45) is 0.